The van der Waals surface area contributed by atoms with Gasteiger partial charge in [0.25, 0.3) is 5.88 Å². The molecule has 0 N–H and O–H groups in total. The molecule has 3 aromatic heterocycles. The third kappa shape index (κ3) is 5.04. The Kier molecular flexibility index (Phi) is 6.93. The lowest BCUT2D eigenvalue weighted by atomic mass is 9.90. The molecule has 2 unspecified atom stereocenters. The minimum Gasteiger partial charge on any atom is -0.471 e. The number of carbonyl (C=O) groups excluding carboxylic acids is 1. The van der Waals surface area contributed by atoms with Crippen LogP contribution in [0.2, 0.25) is 0 Å². The Balaban J connectivity index is 0.987. The zero-order chi connectivity index (χ0) is 31.6. The van der Waals surface area contributed by atoms with Crippen molar-refractivity contribution < 1.29 is 27.8 Å². The maximum absolute atomic E-state index is 15.1. The molecule has 10 nitrogen and oxygen atoms in total. The number of imidazole rings is 1. The summed E-state index contributed by atoms with van der Waals surface area (Å²) in [6, 6.07) is 12.0. The SMILES string of the molecule is COC(=O)c1ccc2nc(C3CC34CCN(c3nc(OCc5ccc6nn(C)cc6c5)c(F)cc3F)CC4)n(CC3CCO3)c2c1. The first-order valence-corrected chi connectivity index (χ1v) is 15.7. The summed E-state index contributed by atoms with van der Waals surface area (Å²) in [7, 11) is 3.23. The van der Waals surface area contributed by atoms with Crippen LogP contribution in [0.1, 0.15) is 53.3 Å². The number of nitrogens with zero attached hydrogens (tertiary/aromatic N) is 6. The second-order valence-corrected chi connectivity index (χ2v) is 12.7. The van der Waals surface area contributed by atoms with E-state index in [0.717, 1.165) is 71.7 Å². The van der Waals surface area contributed by atoms with E-state index in [1.165, 1.54) is 7.11 Å². The molecule has 5 aromatic rings. The first-order chi connectivity index (χ1) is 22.3. The molecular formula is C34H34F2N6O4. The molecule has 0 bridgehead atoms. The van der Waals surface area contributed by atoms with Gasteiger partial charge >= 0.3 is 5.97 Å². The summed E-state index contributed by atoms with van der Waals surface area (Å²) in [5, 5.41) is 5.32. The number of rotatable bonds is 8. The molecule has 2 aromatic carbocycles. The quantitative estimate of drug-likeness (QED) is 0.207. The standard InChI is InChI=1S/C34H34F2N6O4/c1-40-17-22-13-20(3-5-27(22)39-40)19-46-32-26(36)15-25(35)31(38-32)41-10-8-34(9-11-41)16-24(34)30-37-28-6-4-21(33(43)44-2)14-29(28)42(30)18-23-7-12-45-23/h3-6,13-15,17,23-24H,7-12,16,18-19H2,1-2H3. The van der Waals surface area contributed by atoms with Crippen molar-refractivity contribution in [3.05, 3.63) is 77.2 Å². The molecular weight excluding hydrogens is 594 g/mol. The van der Waals surface area contributed by atoms with Crippen molar-refractivity contribution in [2.45, 2.75) is 50.9 Å². The summed E-state index contributed by atoms with van der Waals surface area (Å²) in [5.74, 6) is -0.773. The van der Waals surface area contributed by atoms with Crippen LogP contribution in [-0.4, -0.2) is 63.2 Å². The van der Waals surface area contributed by atoms with Gasteiger partial charge in [-0.2, -0.15) is 10.1 Å². The summed E-state index contributed by atoms with van der Waals surface area (Å²) >= 11 is 0. The van der Waals surface area contributed by atoms with Crippen molar-refractivity contribution >= 4 is 33.7 Å². The summed E-state index contributed by atoms with van der Waals surface area (Å²) < 4.78 is 50.3. The van der Waals surface area contributed by atoms with Crippen LogP contribution in [0.3, 0.4) is 0 Å². The summed E-state index contributed by atoms with van der Waals surface area (Å²) in [6.45, 7) is 2.70. The molecule has 0 amide bonds. The van der Waals surface area contributed by atoms with Crippen LogP contribution in [0.25, 0.3) is 21.9 Å². The molecule has 2 aliphatic heterocycles. The van der Waals surface area contributed by atoms with E-state index in [4.69, 9.17) is 19.2 Å². The minimum absolute atomic E-state index is 0.0437. The highest BCUT2D eigenvalue weighted by Gasteiger charge is 2.57. The van der Waals surface area contributed by atoms with Gasteiger partial charge in [-0.05, 0) is 67.0 Å². The number of benzene rings is 2. The zero-order valence-electron chi connectivity index (χ0n) is 25.7. The second kappa shape index (κ2) is 11.0. The minimum atomic E-state index is -0.829. The molecule has 0 radical (unpaired) electrons. The van der Waals surface area contributed by atoms with E-state index in [1.807, 2.05) is 48.5 Å². The van der Waals surface area contributed by atoms with E-state index in [-0.39, 0.29) is 41.7 Å². The molecule has 46 heavy (non-hydrogen) atoms. The van der Waals surface area contributed by atoms with Crippen LogP contribution in [0, 0.1) is 17.0 Å². The lowest BCUT2D eigenvalue weighted by molar-refractivity contribution is -0.0590. The zero-order valence-corrected chi connectivity index (χ0v) is 25.7. The first-order valence-electron chi connectivity index (χ1n) is 15.7. The Morgan fingerprint density at radius 1 is 1.07 bits per heavy atom. The van der Waals surface area contributed by atoms with Crippen LogP contribution < -0.4 is 9.64 Å². The molecule has 238 valence electrons. The molecule has 1 aliphatic carbocycles. The molecule has 2 atom stereocenters. The van der Waals surface area contributed by atoms with Crippen molar-refractivity contribution in [3.8, 4) is 5.88 Å². The molecule has 8 rings (SSSR count). The molecule has 2 saturated heterocycles. The van der Waals surface area contributed by atoms with E-state index in [0.29, 0.717) is 25.2 Å². The number of anilines is 1. The van der Waals surface area contributed by atoms with E-state index in [9.17, 15) is 9.18 Å². The third-order valence-corrected chi connectivity index (χ3v) is 9.88. The monoisotopic (exact) mass is 628 g/mol. The lowest BCUT2D eigenvalue weighted by Crippen LogP contribution is -2.36. The van der Waals surface area contributed by atoms with Crippen molar-refractivity contribution in [1.82, 2.24) is 24.3 Å². The fourth-order valence-electron chi connectivity index (χ4n) is 7.11. The van der Waals surface area contributed by atoms with Gasteiger partial charge in [-0.15, -0.1) is 0 Å². The Bertz CT molecular complexity index is 1980. The number of ether oxygens (including phenoxy) is 3. The summed E-state index contributed by atoms with van der Waals surface area (Å²) in [4.78, 5) is 23.5. The van der Waals surface area contributed by atoms with Gasteiger partial charge in [-0.25, -0.2) is 18.6 Å². The fraction of sp³-hybridized carbons (Fsp3) is 0.412. The normalized spacial score (nSPS) is 20.3. The Labute approximate surface area is 263 Å². The van der Waals surface area contributed by atoms with Crippen LogP contribution in [0.4, 0.5) is 14.6 Å². The van der Waals surface area contributed by atoms with Crippen molar-refractivity contribution in [2.24, 2.45) is 12.5 Å². The number of hydrogen-bond acceptors (Lipinski definition) is 8. The molecule has 1 saturated carbocycles. The highest BCUT2D eigenvalue weighted by molar-refractivity contribution is 5.93. The smallest absolute Gasteiger partial charge is 0.337 e. The summed E-state index contributed by atoms with van der Waals surface area (Å²) in [5.41, 5.74) is 3.97. The Morgan fingerprint density at radius 3 is 2.63 bits per heavy atom. The molecule has 3 fully saturated rings. The van der Waals surface area contributed by atoms with Crippen molar-refractivity contribution in [2.75, 3.05) is 31.7 Å². The van der Waals surface area contributed by atoms with Gasteiger partial charge < -0.3 is 23.7 Å². The number of piperidine rings is 1. The average Bonchev–Trinajstić information content (AvgIpc) is 3.39. The average molecular weight is 629 g/mol. The van der Waals surface area contributed by atoms with Gasteiger partial charge in [0.05, 0.1) is 41.9 Å². The number of esters is 1. The summed E-state index contributed by atoms with van der Waals surface area (Å²) in [6.07, 6.45) is 5.65. The van der Waals surface area contributed by atoms with Crippen molar-refractivity contribution in [1.29, 1.82) is 0 Å². The fourth-order valence-corrected chi connectivity index (χ4v) is 7.11. The maximum Gasteiger partial charge on any atom is 0.337 e. The van der Waals surface area contributed by atoms with Gasteiger partial charge in [-0.3, -0.25) is 4.68 Å². The third-order valence-electron chi connectivity index (χ3n) is 9.88. The lowest BCUT2D eigenvalue weighted by Gasteiger charge is -2.34. The van der Waals surface area contributed by atoms with Gasteiger partial charge in [0.15, 0.2) is 17.5 Å². The number of aromatic nitrogens is 5. The highest BCUT2D eigenvalue weighted by Crippen LogP contribution is 2.65. The van der Waals surface area contributed by atoms with Crippen LogP contribution in [0.15, 0.2) is 48.7 Å². The predicted molar refractivity (Wildman–Crippen MR) is 166 cm³/mol. The van der Waals surface area contributed by atoms with E-state index >= 15 is 4.39 Å². The van der Waals surface area contributed by atoms with Gasteiger partial charge in [0, 0.05) is 50.3 Å². The first kappa shape index (κ1) is 28.9. The van der Waals surface area contributed by atoms with Gasteiger partial charge in [0.2, 0.25) is 0 Å². The molecule has 3 aliphatic rings. The second-order valence-electron chi connectivity index (χ2n) is 12.7. The number of fused-ring (bicyclic) bond motifs is 2. The van der Waals surface area contributed by atoms with Crippen LogP contribution >= 0.6 is 0 Å². The number of carbonyl (C=O) groups is 1. The highest BCUT2D eigenvalue weighted by atomic mass is 19.1. The number of methoxy groups -OCH3 is 1. The Morgan fingerprint density at radius 2 is 1.87 bits per heavy atom. The van der Waals surface area contributed by atoms with E-state index < -0.39 is 11.6 Å². The maximum atomic E-state index is 15.1. The molecule has 1 spiro atoms. The van der Waals surface area contributed by atoms with Gasteiger partial charge in [-0.1, -0.05) is 6.07 Å². The predicted octanol–water partition coefficient (Wildman–Crippen LogP) is 5.52. The largest absolute Gasteiger partial charge is 0.471 e. The van der Waals surface area contributed by atoms with Gasteiger partial charge in [0.1, 0.15) is 12.4 Å². The Hall–Kier alpha value is -4.58. The number of halogens is 2. The van der Waals surface area contributed by atoms with E-state index in [2.05, 4.69) is 14.6 Å². The topological polar surface area (TPSA) is 96.5 Å². The van der Waals surface area contributed by atoms with Crippen LogP contribution in [-0.2, 0) is 29.7 Å². The van der Waals surface area contributed by atoms with Crippen molar-refractivity contribution in [3.63, 3.8) is 0 Å². The molecule has 5 heterocycles. The number of hydrogen-bond donors (Lipinski definition) is 0. The number of pyridine rings is 1. The molecule has 12 heteroatoms. The number of aryl methyl sites for hydroxylation is 1. The van der Waals surface area contributed by atoms with Crippen LogP contribution in [0.5, 0.6) is 5.88 Å². The van der Waals surface area contributed by atoms with E-state index in [1.54, 1.807) is 10.7 Å².